The molecule has 0 amide bonds. The summed E-state index contributed by atoms with van der Waals surface area (Å²) < 4.78 is 0. The zero-order valence-corrected chi connectivity index (χ0v) is 8.90. The Bertz CT molecular complexity index is 402. The highest BCUT2D eigenvalue weighted by atomic mass is 15.0. The second kappa shape index (κ2) is 4.40. The zero-order valence-electron chi connectivity index (χ0n) is 8.90. The number of hydrogen-bond donors (Lipinski definition) is 2. The lowest BCUT2D eigenvalue weighted by molar-refractivity contribution is 0.538. The molecule has 0 spiro atoms. The van der Waals surface area contributed by atoms with Crippen LogP contribution in [-0.4, -0.2) is 21.5 Å². The molecular formula is C11H16N4. The molecule has 1 unspecified atom stereocenters. The van der Waals surface area contributed by atoms with Gasteiger partial charge >= 0.3 is 0 Å². The summed E-state index contributed by atoms with van der Waals surface area (Å²) in [6.07, 6.45) is 3.76. The average Bonchev–Trinajstić information content (AvgIpc) is 2.68. The van der Waals surface area contributed by atoms with Crippen molar-refractivity contribution in [2.45, 2.75) is 19.8 Å². The van der Waals surface area contributed by atoms with Crippen LogP contribution < -0.4 is 5.73 Å². The van der Waals surface area contributed by atoms with E-state index in [1.165, 1.54) is 0 Å². The van der Waals surface area contributed by atoms with E-state index in [-0.39, 0.29) is 0 Å². The highest BCUT2D eigenvalue weighted by Crippen LogP contribution is 2.10. The standard InChI is InChI=1S/C11H16N4/c1-8(7-12)4-5-10-14-9-3-2-6-13-11(9)15-10/h2-3,6,8H,4-5,7,12H2,1H3,(H,13,14,15). The molecule has 4 heteroatoms. The molecule has 0 radical (unpaired) electrons. The lowest BCUT2D eigenvalue weighted by atomic mass is 10.1. The van der Waals surface area contributed by atoms with Gasteiger partial charge in [-0.15, -0.1) is 0 Å². The fraction of sp³-hybridized carbons (Fsp3) is 0.455. The van der Waals surface area contributed by atoms with Crippen molar-refractivity contribution in [1.29, 1.82) is 0 Å². The molecule has 0 aliphatic heterocycles. The Balaban J connectivity index is 2.09. The van der Waals surface area contributed by atoms with Crippen LogP contribution in [0.1, 0.15) is 19.2 Å². The van der Waals surface area contributed by atoms with Gasteiger partial charge in [-0.05, 0) is 31.0 Å². The van der Waals surface area contributed by atoms with Crippen molar-refractivity contribution in [3.63, 3.8) is 0 Å². The first-order valence-electron chi connectivity index (χ1n) is 5.29. The van der Waals surface area contributed by atoms with Gasteiger partial charge in [0, 0.05) is 12.6 Å². The Morgan fingerprint density at radius 3 is 3.13 bits per heavy atom. The first kappa shape index (κ1) is 10.1. The van der Waals surface area contributed by atoms with E-state index >= 15 is 0 Å². The van der Waals surface area contributed by atoms with E-state index in [0.717, 1.165) is 36.4 Å². The summed E-state index contributed by atoms with van der Waals surface area (Å²) in [5, 5.41) is 0. The van der Waals surface area contributed by atoms with Gasteiger partial charge in [-0.25, -0.2) is 9.97 Å². The molecule has 2 rings (SSSR count). The molecule has 4 nitrogen and oxygen atoms in total. The van der Waals surface area contributed by atoms with Crippen molar-refractivity contribution in [3.8, 4) is 0 Å². The normalized spacial score (nSPS) is 13.2. The zero-order chi connectivity index (χ0) is 10.7. The maximum atomic E-state index is 5.57. The van der Waals surface area contributed by atoms with Crippen LogP contribution in [0.15, 0.2) is 18.3 Å². The van der Waals surface area contributed by atoms with Gasteiger partial charge in [-0.2, -0.15) is 0 Å². The SMILES string of the molecule is CC(CN)CCc1nc2ncccc2[nH]1. The molecule has 15 heavy (non-hydrogen) atoms. The number of rotatable bonds is 4. The van der Waals surface area contributed by atoms with Gasteiger partial charge in [-0.1, -0.05) is 6.92 Å². The number of nitrogens with zero attached hydrogens (tertiary/aromatic N) is 2. The van der Waals surface area contributed by atoms with Crippen LogP contribution in [0.3, 0.4) is 0 Å². The summed E-state index contributed by atoms with van der Waals surface area (Å²) in [5.41, 5.74) is 7.37. The summed E-state index contributed by atoms with van der Waals surface area (Å²) in [4.78, 5) is 11.9. The Hall–Kier alpha value is -1.42. The Morgan fingerprint density at radius 1 is 1.53 bits per heavy atom. The van der Waals surface area contributed by atoms with Crippen LogP contribution in [0.25, 0.3) is 11.2 Å². The predicted octanol–water partition coefficient (Wildman–Crippen LogP) is 1.49. The van der Waals surface area contributed by atoms with E-state index < -0.39 is 0 Å². The number of aromatic nitrogens is 3. The van der Waals surface area contributed by atoms with Crippen molar-refractivity contribution >= 4 is 11.2 Å². The minimum Gasteiger partial charge on any atom is -0.341 e. The van der Waals surface area contributed by atoms with Gasteiger partial charge in [0.1, 0.15) is 5.82 Å². The highest BCUT2D eigenvalue weighted by molar-refractivity contribution is 5.69. The van der Waals surface area contributed by atoms with E-state index in [2.05, 4.69) is 21.9 Å². The lowest BCUT2D eigenvalue weighted by Gasteiger charge is -2.04. The summed E-state index contributed by atoms with van der Waals surface area (Å²) >= 11 is 0. The smallest absolute Gasteiger partial charge is 0.177 e. The van der Waals surface area contributed by atoms with Crippen LogP contribution >= 0.6 is 0 Å². The molecule has 80 valence electrons. The highest BCUT2D eigenvalue weighted by Gasteiger charge is 2.05. The fourth-order valence-corrected chi connectivity index (χ4v) is 1.51. The van der Waals surface area contributed by atoms with Gasteiger partial charge in [0.15, 0.2) is 5.65 Å². The number of aryl methyl sites for hydroxylation is 1. The molecule has 0 aliphatic rings. The minimum atomic E-state index is 0.547. The largest absolute Gasteiger partial charge is 0.341 e. The second-order valence-corrected chi connectivity index (χ2v) is 3.94. The number of aromatic amines is 1. The molecule has 3 N–H and O–H groups in total. The van der Waals surface area contributed by atoms with Crippen molar-refractivity contribution in [2.24, 2.45) is 11.7 Å². The fourth-order valence-electron chi connectivity index (χ4n) is 1.51. The molecule has 0 saturated heterocycles. The summed E-state index contributed by atoms with van der Waals surface area (Å²) in [6, 6.07) is 3.90. The molecule has 2 heterocycles. The van der Waals surface area contributed by atoms with Gasteiger partial charge in [0.2, 0.25) is 0 Å². The maximum Gasteiger partial charge on any atom is 0.177 e. The minimum absolute atomic E-state index is 0.547. The quantitative estimate of drug-likeness (QED) is 0.792. The number of fused-ring (bicyclic) bond motifs is 1. The second-order valence-electron chi connectivity index (χ2n) is 3.94. The van der Waals surface area contributed by atoms with Gasteiger partial charge in [0.05, 0.1) is 5.52 Å². The predicted molar refractivity (Wildman–Crippen MR) is 60.4 cm³/mol. The molecule has 0 saturated carbocycles. The van der Waals surface area contributed by atoms with Crippen molar-refractivity contribution < 1.29 is 0 Å². The molecular weight excluding hydrogens is 188 g/mol. The van der Waals surface area contributed by atoms with E-state index in [1.807, 2.05) is 12.1 Å². The molecule has 0 fully saturated rings. The van der Waals surface area contributed by atoms with Gasteiger partial charge in [-0.3, -0.25) is 0 Å². The molecule has 0 aromatic carbocycles. The Labute approximate surface area is 88.9 Å². The number of H-pyrrole nitrogens is 1. The van der Waals surface area contributed by atoms with Crippen molar-refractivity contribution in [2.75, 3.05) is 6.54 Å². The number of nitrogens with one attached hydrogen (secondary N) is 1. The van der Waals surface area contributed by atoms with Crippen LogP contribution in [0, 0.1) is 5.92 Å². The first-order chi connectivity index (χ1) is 7.29. The first-order valence-corrected chi connectivity index (χ1v) is 5.29. The average molecular weight is 204 g/mol. The van der Waals surface area contributed by atoms with E-state index in [0.29, 0.717) is 5.92 Å². The van der Waals surface area contributed by atoms with Gasteiger partial charge < -0.3 is 10.7 Å². The monoisotopic (exact) mass is 204 g/mol. The Kier molecular flexibility index (Phi) is 2.97. The molecule has 2 aromatic heterocycles. The molecule has 2 aromatic rings. The number of imidazole rings is 1. The third-order valence-electron chi connectivity index (χ3n) is 2.58. The molecule has 0 aliphatic carbocycles. The van der Waals surface area contributed by atoms with Crippen LogP contribution in [0.2, 0.25) is 0 Å². The topological polar surface area (TPSA) is 67.6 Å². The summed E-state index contributed by atoms with van der Waals surface area (Å²) in [7, 11) is 0. The van der Waals surface area contributed by atoms with Gasteiger partial charge in [0.25, 0.3) is 0 Å². The van der Waals surface area contributed by atoms with E-state index in [1.54, 1.807) is 6.20 Å². The number of pyridine rings is 1. The lowest BCUT2D eigenvalue weighted by Crippen LogP contribution is -2.11. The Morgan fingerprint density at radius 2 is 2.40 bits per heavy atom. The van der Waals surface area contributed by atoms with E-state index in [4.69, 9.17) is 5.73 Å². The summed E-state index contributed by atoms with van der Waals surface area (Å²) in [5.74, 6) is 1.55. The maximum absolute atomic E-state index is 5.57. The number of nitrogens with two attached hydrogens (primary N) is 1. The molecule has 1 atom stereocenters. The third-order valence-corrected chi connectivity index (χ3v) is 2.58. The van der Waals surface area contributed by atoms with Crippen LogP contribution in [0.4, 0.5) is 0 Å². The van der Waals surface area contributed by atoms with Crippen LogP contribution in [0.5, 0.6) is 0 Å². The van der Waals surface area contributed by atoms with Crippen molar-refractivity contribution in [3.05, 3.63) is 24.2 Å². The third kappa shape index (κ3) is 2.33. The van der Waals surface area contributed by atoms with E-state index in [9.17, 15) is 0 Å². The number of hydrogen-bond acceptors (Lipinski definition) is 3. The van der Waals surface area contributed by atoms with Crippen molar-refractivity contribution in [1.82, 2.24) is 15.0 Å². The summed E-state index contributed by atoms with van der Waals surface area (Å²) in [6.45, 7) is 2.89. The van der Waals surface area contributed by atoms with Crippen LogP contribution in [-0.2, 0) is 6.42 Å². The molecule has 0 bridgehead atoms.